The van der Waals surface area contributed by atoms with Gasteiger partial charge in [-0.2, -0.15) is 0 Å². The van der Waals surface area contributed by atoms with Gasteiger partial charge in [0, 0.05) is 11.3 Å². The first-order chi connectivity index (χ1) is 14.5. The molecule has 3 aromatic carbocycles. The molecule has 5 rings (SSSR count). The van der Waals surface area contributed by atoms with Crippen molar-refractivity contribution in [3.63, 3.8) is 0 Å². The van der Waals surface area contributed by atoms with Gasteiger partial charge in [0.2, 0.25) is 10.8 Å². The second-order valence-corrected chi connectivity index (χ2v) is 8.70. The molecule has 1 fully saturated rings. The Kier molecular flexibility index (Phi) is 4.40. The van der Waals surface area contributed by atoms with E-state index in [-0.39, 0.29) is 17.6 Å². The predicted molar refractivity (Wildman–Crippen MR) is 117 cm³/mol. The Labute approximate surface area is 178 Å². The van der Waals surface area contributed by atoms with Gasteiger partial charge in [0.15, 0.2) is 0 Å². The minimum absolute atomic E-state index is 0.162. The second-order valence-electron chi connectivity index (χ2n) is 7.54. The number of hydrogen-bond acceptors (Lipinski definition) is 3. The highest BCUT2D eigenvalue weighted by Crippen LogP contribution is 2.55. The van der Waals surface area contributed by atoms with Crippen LogP contribution in [0.2, 0.25) is 0 Å². The number of amides is 2. The van der Waals surface area contributed by atoms with Crippen LogP contribution in [0.1, 0.15) is 16.7 Å². The fourth-order valence-corrected chi connectivity index (χ4v) is 5.56. The average molecular weight is 418 g/mol. The van der Waals surface area contributed by atoms with Gasteiger partial charge in [0.25, 0.3) is 5.91 Å². The summed E-state index contributed by atoms with van der Waals surface area (Å²) in [6, 6.07) is 21.5. The normalized spacial score (nSPS) is 20.3. The summed E-state index contributed by atoms with van der Waals surface area (Å²) in [6.45, 7) is 2.43. The maximum absolute atomic E-state index is 14.0. The molecule has 0 aromatic heterocycles. The summed E-state index contributed by atoms with van der Waals surface area (Å²) in [5.74, 6) is -0.660. The Hall–Kier alpha value is -3.12. The third-order valence-corrected chi connectivity index (χ3v) is 6.98. The molecule has 2 amide bonds. The number of halogens is 1. The summed E-state index contributed by atoms with van der Waals surface area (Å²) in [5, 5.41) is 0. The number of aryl methyl sites for hydroxylation is 1. The highest BCUT2D eigenvalue weighted by atomic mass is 32.2. The van der Waals surface area contributed by atoms with Crippen LogP contribution in [0.25, 0.3) is 0 Å². The highest BCUT2D eigenvalue weighted by molar-refractivity contribution is 8.02. The van der Waals surface area contributed by atoms with Gasteiger partial charge in [-0.15, -0.1) is 11.8 Å². The van der Waals surface area contributed by atoms with E-state index in [0.29, 0.717) is 12.2 Å². The number of anilines is 2. The quantitative estimate of drug-likeness (QED) is 0.624. The van der Waals surface area contributed by atoms with Gasteiger partial charge in [-0.05, 0) is 36.8 Å². The molecule has 30 heavy (non-hydrogen) atoms. The second kappa shape index (κ2) is 6.99. The van der Waals surface area contributed by atoms with Crippen LogP contribution in [0.15, 0.2) is 72.8 Å². The van der Waals surface area contributed by atoms with Crippen molar-refractivity contribution in [3.8, 4) is 0 Å². The van der Waals surface area contributed by atoms with Gasteiger partial charge >= 0.3 is 0 Å². The van der Waals surface area contributed by atoms with Gasteiger partial charge in [0.05, 0.1) is 18.0 Å². The average Bonchev–Trinajstić information content (AvgIpc) is 3.21. The molecule has 3 aromatic rings. The van der Waals surface area contributed by atoms with Gasteiger partial charge in [-0.1, -0.05) is 54.1 Å². The molecule has 1 saturated heterocycles. The summed E-state index contributed by atoms with van der Waals surface area (Å²) in [5.41, 5.74) is 4.10. The summed E-state index contributed by atoms with van der Waals surface area (Å²) in [6.07, 6.45) is 0. The molecule has 4 nitrogen and oxygen atoms in total. The molecular formula is C24H19FN2O2S. The Morgan fingerprint density at radius 1 is 1.00 bits per heavy atom. The number of nitrogens with zero attached hydrogens (tertiary/aromatic N) is 2. The number of fused-ring (bicyclic) bond motifs is 2. The molecule has 1 atom stereocenters. The van der Waals surface area contributed by atoms with Gasteiger partial charge < -0.3 is 4.90 Å². The molecule has 0 radical (unpaired) electrons. The van der Waals surface area contributed by atoms with Crippen molar-refractivity contribution in [2.24, 2.45) is 0 Å². The Balaban J connectivity index is 1.64. The Morgan fingerprint density at radius 2 is 1.77 bits per heavy atom. The van der Waals surface area contributed by atoms with Crippen LogP contribution >= 0.6 is 11.8 Å². The van der Waals surface area contributed by atoms with E-state index in [9.17, 15) is 14.0 Å². The summed E-state index contributed by atoms with van der Waals surface area (Å²) in [4.78, 5) is 28.8. The Bertz CT molecular complexity index is 1160. The van der Waals surface area contributed by atoms with E-state index in [2.05, 4.69) is 0 Å². The predicted octanol–water partition coefficient (Wildman–Crippen LogP) is 4.61. The molecule has 2 heterocycles. The van der Waals surface area contributed by atoms with Gasteiger partial charge in [-0.25, -0.2) is 4.39 Å². The molecular weight excluding hydrogens is 399 g/mol. The first kappa shape index (κ1) is 18.9. The highest BCUT2D eigenvalue weighted by Gasteiger charge is 2.60. The fraction of sp³-hybridized carbons (Fsp3) is 0.167. The van der Waals surface area contributed by atoms with Crippen LogP contribution in [-0.4, -0.2) is 17.6 Å². The van der Waals surface area contributed by atoms with Crippen molar-refractivity contribution in [1.29, 1.82) is 0 Å². The van der Waals surface area contributed by atoms with Crippen molar-refractivity contribution in [2.75, 3.05) is 15.6 Å². The van der Waals surface area contributed by atoms with Crippen LogP contribution in [0, 0.1) is 12.7 Å². The molecule has 6 heteroatoms. The summed E-state index contributed by atoms with van der Waals surface area (Å²) >= 11 is 1.30. The zero-order valence-electron chi connectivity index (χ0n) is 16.3. The molecule has 0 unspecified atom stereocenters. The monoisotopic (exact) mass is 418 g/mol. The SMILES string of the molecule is Cc1ccc(CN2C(=O)[C@]3(SCC(=O)N3c3cccc(F)c3)c3ccccc32)cc1. The van der Waals surface area contributed by atoms with E-state index >= 15 is 0 Å². The standard InChI is InChI=1S/C24H19FN2O2S/c1-16-9-11-17(12-10-16)14-26-21-8-3-2-7-20(21)24(23(26)29)27(22(28)15-30-24)19-6-4-5-18(25)13-19/h2-13H,14-15H2,1H3/t24-/m1/s1. The zero-order valence-corrected chi connectivity index (χ0v) is 17.2. The first-order valence-corrected chi connectivity index (χ1v) is 10.7. The number of thioether (sulfide) groups is 1. The lowest BCUT2D eigenvalue weighted by Gasteiger charge is -2.33. The lowest BCUT2D eigenvalue weighted by atomic mass is 10.0. The van der Waals surface area contributed by atoms with Crippen LogP contribution in [0.4, 0.5) is 15.8 Å². The number of rotatable bonds is 3. The third kappa shape index (κ3) is 2.75. The molecule has 150 valence electrons. The van der Waals surface area contributed by atoms with E-state index in [1.807, 2.05) is 55.5 Å². The molecule has 0 saturated carbocycles. The number of hydrogen-bond donors (Lipinski definition) is 0. The van der Waals surface area contributed by atoms with Gasteiger partial charge in [-0.3, -0.25) is 14.5 Å². The number of carbonyl (C=O) groups is 2. The van der Waals surface area contributed by atoms with E-state index in [1.165, 1.54) is 28.8 Å². The lowest BCUT2D eigenvalue weighted by molar-refractivity contribution is -0.123. The van der Waals surface area contributed by atoms with E-state index < -0.39 is 10.7 Å². The van der Waals surface area contributed by atoms with Crippen LogP contribution < -0.4 is 9.80 Å². The van der Waals surface area contributed by atoms with Crippen molar-refractivity contribution in [2.45, 2.75) is 18.3 Å². The van der Waals surface area contributed by atoms with Crippen LogP contribution in [0.5, 0.6) is 0 Å². The van der Waals surface area contributed by atoms with Gasteiger partial charge in [0.1, 0.15) is 5.82 Å². The summed E-state index contributed by atoms with van der Waals surface area (Å²) in [7, 11) is 0. The van der Waals surface area contributed by atoms with E-state index in [1.54, 1.807) is 17.0 Å². The Morgan fingerprint density at radius 3 is 2.53 bits per heavy atom. The minimum Gasteiger partial charge on any atom is -0.304 e. The van der Waals surface area contributed by atoms with Crippen LogP contribution in [0.3, 0.4) is 0 Å². The number of para-hydroxylation sites is 1. The molecule has 0 N–H and O–H groups in total. The van der Waals surface area contributed by atoms with E-state index in [0.717, 1.165) is 22.4 Å². The number of benzene rings is 3. The lowest BCUT2D eigenvalue weighted by Crippen LogP contribution is -2.49. The molecule has 0 aliphatic carbocycles. The third-order valence-electron chi connectivity index (χ3n) is 5.59. The van der Waals surface area contributed by atoms with E-state index in [4.69, 9.17) is 0 Å². The molecule has 0 bridgehead atoms. The molecule has 2 aliphatic heterocycles. The maximum Gasteiger partial charge on any atom is 0.269 e. The summed E-state index contributed by atoms with van der Waals surface area (Å²) < 4.78 is 14.0. The van der Waals surface area contributed by atoms with Crippen molar-refractivity contribution in [1.82, 2.24) is 0 Å². The maximum atomic E-state index is 14.0. The van der Waals surface area contributed by atoms with Crippen molar-refractivity contribution >= 4 is 35.0 Å². The smallest absolute Gasteiger partial charge is 0.269 e. The number of carbonyl (C=O) groups excluding carboxylic acids is 2. The zero-order chi connectivity index (χ0) is 20.9. The van der Waals surface area contributed by atoms with Crippen LogP contribution in [-0.2, 0) is 21.0 Å². The van der Waals surface area contributed by atoms with Crippen molar-refractivity contribution in [3.05, 3.63) is 95.3 Å². The topological polar surface area (TPSA) is 40.6 Å². The minimum atomic E-state index is -1.22. The largest absolute Gasteiger partial charge is 0.304 e. The molecule has 2 aliphatic rings. The first-order valence-electron chi connectivity index (χ1n) is 9.70. The molecule has 1 spiro atoms. The fourth-order valence-electron chi connectivity index (χ4n) is 4.20. The van der Waals surface area contributed by atoms with Crippen molar-refractivity contribution < 1.29 is 14.0 Å².